The minimum absolute atomic E-state index is 0.678. The van der Waals surface area contributed by atoms with Crippen molar-refractivity contribution in [3.63, 3.8) is 0 Å². The molecule has 0 saturated carbocycles. The monoisotopic (exact) mass is 214 g/mol. The van der Waals surface area contributed by atoms with Crippen molar-refractivity contribution in [1.29, 1.82) is 0 Å². The molecule has 0 radical (unpaired) electrons. The molecule has 0 atom stereocenters. The fourth-order valence-electron chi connectivity index (χ4n) is 0.817. The molecule has 14 heavy (non-hydrogen) atoms. The van der Waals surface area contributed by atoms with Crippen LogP contribution < -0.4 is 0 Å². The Labute approximate surface area is 88.3 Å². The average molecular weight is 214 g/mol. The van der Waals surface area contributed by atoms with Crippen molar-refractivity contribution in [2.45, 2.75) is 45.3 Å². The van der Waals surface area contributed by atoms with E-state index in [1.807, 2.05) is 13.3 Å². The SMILES string of the molecule is CN(N=CCCCCC=O)[Si](C)(C)C. The van der Waals surface area contributed by atoms with Crippen molar-refractivity contribution in [2.75, 3.05) is 7.05 Å². The van der Waals surface area contributed by atoms with Crippen LogP contribution in [0.2, 0.25) is 19.6 Å². The summed E-state index contributed by atoms with van der Waals surface area (Å²) in [5.41, 5.74) is 0. The van der Waals surface area contributed by atoms with E-state index in [4.69, 9.17) is 0 Å². The standard InChI is InChI=1S/C10H22N2OSi/c1-12(14(2,3)4)11-9-7-5-6-8-10-13/h9-10H,5-8H2,1-4H3. The second-order valence-electron chi connectivity index (χ2n) is 4.44. The number of unbranched alkanes of at least 4 members (excludes halogenated alkanes) is 3. The highest BCUT2D eigenvalue weighted by atomic mass is 28.3. The van der Waals surface area contributed by atoms with E-state index >= 15 is 0 Å². The summed E-state index contributed by atoms with van der Waals surface area (Å²) in [6.07, 6.45) is 6.63. The molecule has 0 aliphatic rings. The Hall–Kier alpha value is -0.643. The van der Waals surface area contributed by atoms with Gasteiger partial charge in [0.25, 0.3) is 0 Å². The molecule has 0 fully saturated rings. The fraction of sp³-hybridized carbons (Fsp3) is 0.800. The van der Waals surface area contributed by atoms with Gasteiger partial charge in [0.2, 0.25) is 0 Å². The van der Waals surface area contributed by atoms with Crippen molar-refractivity contribution >= 4 is 20.7 Å². The maximum absolute atomic E-state index is 10.0. The molecule has 0 N–H and O–H groups in total. The quantitative estimate of drug-likeness (QED) is 0.214. The van der Waals surface area contributed by atoms with Gasteiger partial charge in [-0.1, -0.05) is 19.6 Å². The van der Waals surface area contributed by atoms with Crippen LogP contribution in [-0.2, 0) is 4.79 Å². The number of hydrogen-bond donors (Lipinski definition) is 0. The molecule has 3 nitrogen and oxygen atoms in total. The normalized spacial score (nSPS) is 12.0. The molecule has 0 aliphatic heterocycles. The summed E-state index contributed by atoms with van der Waals surface area (Å²) >= 11 is 0. The zero-order valence-corrected chi connectivity index (χ0v) is 10.8. The zero-order chi connectivity index (χ0) is 11.0. The molecule has 0 amide bonds. The van der Waals surface area contributed by atoms with E-state index in [1.54, 1.807) is 0 Å². The molecule has 82 valence electrons. The first-order valence-electron chi connectivity index (χ1n) is 5.18. The van der Waals surface area contributed by atoms with Crippen molar-refractivity contribution in [3.8, 4) is 0 Å². The lowest BCUT2D eigenvalue weighted by atomic mass is 10.2. The van der Waals surface area contributed by atoms with Crippen molar-refractivity contribution in [2.24, 2.45) is 5.10 Å². The third-order valence-electron chi connectivity index (χ3n) is 2.13. The maximum Gasteiger partial charge on any atom is 0.168 e. The second-order valence-corrected chi connectivity index (χ2v) is 9.43. The number of hydrazone groups is 1. The third kappa shape index (κ3) is 6.83. The molecule has 0 aromatic carbocycles. The van der Waals surface area contributed by atoms with Crippen molar-refractivity contribution in [3.05, 3.63) is 0 Å². The molecule has 0 aliphatic carbocycles. The van der Waals surface area contributed by atoms with Crippen molar-refractivity contribution < 1.29 is 4.79 Å². The summed E-state index contributed by atoms with van der Waals surface area (Å²) in [6.45, 7) is 6.78. The molecule has 0 bridgehead atoms. The summed E-state index contributed by atoms with van der Waals surface area (Å²) in [5.74, 6) is 0. The second kappa shape index (κ2) is 6.76. The number of carbonyl (C=O) groups is 1. The fourth-order valence-corrected chi connectivity index (χ4v) is 1.24. The predicted octanol–water partition coefficient (Wildman–Crippen LogP) is 2.50. The third-order valence-corrected chi connectivity index (χ3v) is 4.19. The highest BCUT2D eigenvalue weighted by Gasteiger charge is 2.17. The van der Waals surface area contributed by atoms with E-state index in [0.717, 1.165) is 25.5 Å². The molecule has 0 aromatic rings. The predicted molar refractivity (Wildman–Crippen MR) is 64.1 cm³/mol. The number of nitrogens with zero attached hydrogens (tertiary/aromatic N) is 2. The van der Waals surface area contributed by atoms with Gasteiger partial charge >= 0.3 is 0 Å². The smallest absolute Gasteiger partial charge is 0.168 e. The maximum atomic E-state index is 10.0. The molecule has 0 unspecified atom stereocenters. The number of rotatable bonds is 7. The molecular weight excluding hydrogens is 192 g/mol. The lowest BCUT2D eigenvalue weighted by Gasteiger charge is -2.26. The first-order valence-corrected chi connectivity index (χ1v) is 8.63. The van der Waals surface area contributed by atoms with Crippen LogP contribution in [0.1, 0.15) is 25.7 Å². The lowest BCUT2D eigenvalue weighted by Crippen LogP contribution is -2.39. The van der Waals surface area contributed by atoms with E-state index in [1.165, 1.54) is 0 Å². The van der Waals surface area contributed by atoms with Crippen LogP contribution in [0.25, 0.3) is 0 Å². The van der Waals surface area contributed by atoms with Crippen LogP contribution in [0.5, 0.6) is 0 Å². The number of hydrogen-bond acceptors (Lipinski definition) is 3. The Morgan fingerprint density at radius 1 is 1.21 bits per heavy atom. The van der Waals surface area contributed by atoms with Crippen LogP contribution in [0, 0.1) is 0 Å². The van der Waals surface area contributed by atoms with Crippen molar-refractivity contribution in [1.82, 2.24) is 4.67 Å². The summed E-state index contributed by atoms with van der Waals surface area (Å²) in [5, 5.41) is 4.37. The molecule has 0 spiro atoms. The van der Waals surface area contributed by atoms with Gasteiger partial charge in [0.15, 0.2) is 8.24 Å². The molecule has 4 heteroatoms. The Balaban J connectivity index is 3.57. The molecule has 0 aromatic heterocycles. The van der Waals surface area contributed by atoms with Crippen LogP contribution >= 0.6 is 0 Å². The van der Waals surface area contributed by atoms with Crippen LogP contribution in [0.3, 0.4) is 0 Å². The molecule has 0 saturated heterocycles. The van der Waals surface area contributed by atoms with E-state index in [9.17, 15) is 4.79 Å². The first-order chi connectivity index (χ1) is 6.48. The van der Waals surface area contributed by atoms with E-state index in [0.29, 0.717) is 6.42 Å². The van der Waals surface area contributed by atoms with Gasteiger partial charge < -0.3 is 9.47 Å². The molecular formula is C10H22N2OSi. The summed E-state index contributed by atoms with van der Waals surface area (Å²) in [7, 11) is 0.779. The van der Waals surface area contributed by atoms with Gasteiger partial charge in [-0.15, -0.1) is 0 Å². The van der Waals surface area contributed by atoms with Gasteiger partial charge in [0.1, 0.15) is 6.29 Å². The summed E-state index contributed by atoms with van der Waals surface area (Å²) in [4.78, 5) is 10.0. The topological polar surface area (TPSA) is 32.7 Å². The minimum Gasteiger partial charge on any atom is -0.328 e. The summed E-state index contributed by atoms with van der Waals surface area (Å²) < 4.78 is 2.09. The van der Waals surface area contributed by atoms with Gasteiger partial charge in [-0.2, -0.15) is 5.10 Å². The highest BCUT2D eigenvalue weighted by molar-refractivity contribution is 6.73. The van der Waals surface area contributed by atoms with Gasteiger partial charge in [0, 0.05) is 19.7 Å². The molecule has 0 heterocycles. The number of aldehydes is 1. The minimum atomic E-state index is -1.26. The Kier molecular flexibility index (Phi) is 6.45. The van der Waals surface area contributed by atoms with E-state index < -0.39 is 8.24 Å². The van der Waals surface area contributed by atoms with Gasteiger partial charge in [-0.25, -0.2) is 0 Å². The summed E-state index contributed by atoms with van der Waals surface area (Å²) in [6, 6.07) is 0. The van der Waals surface area contributed by atoms with E-state index in [2.05, 4.69) is 29.4 Å². The van der Waals surface area contributed by atoms with Crippen LogP contribution in [0.15, 0.2) is 5.10 Å². The van der Waals surface area contributed by atoms with Crippen LogP contribution in [-0.4, -0.2) is 32.5 Å². The lowest BCUT2D eigenvalue weighted by molar-refractivity contribution is -0.107. The highest BCUT2D eigenvalue weighted by Crippen LogP contribution is 2.06. The largest absolute Gasteiger partial charge is 0.328 e. The van der Waals surface area contributed by atoms with Gasteiger partial charge in [0.05, 0.1) is 0 Å². The van der Waals surface area contributed by atoms with Gasteiger partial charge in [-0.05, 0) is 19.3 Å². The Morgan fingerprint density at radius 3 is 2.29 bits per heavy atom. The zero-order valence-electron chi connectivity index (χ0n) is 9.79. The Bertz CT molecular complexity index is 187. The Morgan fingerprint density at radius 2 is 1.79 bits per heavy atom. The average Bonchev–Trinajstić information content (AvgIpc) is 2.09. The number of carbonyl (C=O) groups excluding carboxylic acids is 1. The van der Waals surface area contributed by atoms with E-state index in [-0.39, 0.29) is 0 Å². The first kappa shape index (κ1) is 13.4. The van der Waals surface area contributed by atoms with Crippen LogP contribution in [0.4, 0.5) is 0 Å². The molecule has 0 rings (SSSR count). The van der Waals surface area contributed by atoms with Gasteiger partial charge in [-0.3, -0.25) is 0 Å².